The first-order chi connectivity index (χ1) is 10.2. The van der Waals surface area contributed by atoms with Crippen LogP contribution in [-0.2, 0) is 21.3 Å². The summed E-state index contributed by atoms with van der Waals surface area (Å²) in [7, 11) is 3.55. The third-order valence-electron chi connectivity index (χ3n) is 4.91. The lowest BCUT2D eigenvalue weighted by molar-refractivity contribution is 0.100. The van der Waals surface area contributed by atoms with E-state index in [1.165, 1.54) is 30.4 Å². The lowest BCUT2D eigenvalue weighted by atomic mass is 9.63. The molecule has 0 heterocycles. The van der Waals surface area contributed by atoms with Gasteiger partial charge in [0.05, 0.1) is 6.61 Å². The van der Waals surface area contributed by atoms with E-state index in [0.717, 1.165) is 26.3 Å². The molecule has 0 saturated carbocycles. The number of benzene rings is 1. The van der Waals surface area contributed by atoms with Gasteiger partial charge in [-0.3, -0.25) is 0 Å². The zero-order chi connectivity index (χ0) is 15.1. The predicted octanol–water partition coefficient (Wildman–Crippen LogP) is 2.78. The fourth-order valence-electron chi connectivity index (χ4n) is 3.72. The minimum Gasteiger partial charge on any atom is -0.384 e. The fraction of sp³-hybridized carbons (Fsp3) is 0.667. The second-order valence-corrected chi connectivity index (χ2v) is 6.19. The lowest BCUT2D eigenvalue weighted by Crippen LogP contribution is -2.47. The second-order valence-electron chi connectivity index (χ2n) is 6.19. The maximum absolute atomic E-state index is 5.47. The molecule has 21 heavy (non-hydrogen) atoms. The molecule has 0 bridgehead atoms. The summed E-state index contributed by atoms with van der Waals surface area (Å²) in [6.45, 7) is 5.79. The van der Waals surface area contributed by atoms with Gasteiger partial charge in [0, 0.05) is 39.3 Å². The van der Waals surface area contributed by atoms with Crippen molar-refractivity contribution in [3.05, 3.63) is 35.4 Å². The molecule has 0 amide bonds. The van der Waals surface area contributed by atoms with E-state index in [-0.39, 0.29) is 5.41 Å². The van der Waals surface area contributed by atoms with Crippen LogP contribution in [0.3, 0.4) is 0 Å². The largest absolute Gasteiger partial charge is 0.384 e. The first-order valence-electron chi connectivity index (χ1n) is 8.01. The summed E-state index contributed by atoms with van der Waals surface area (Å²) in [6.07, 6.45) is 3.70. The van der Waals surface area contributed by atoms with Crippen molar-refractivity contribution < 1.29 is 9.47 Å². The first kappa shape index (κ1) is 16.5. The number of hydrogen-bond donors (Lipinski definition) is 1. The van der Waals surface area contributed by atoms with E-state index in [0.29, 0.717) is 5.92 Å². The van der Waals surface area contributed by atoms with Gasteiger partial charge in [-0.05, 0) is 36.3 Å². The Labute approximate surface area is 129 Å². The molecule has 1 aromatic rings. The van der Waals surface area contributed by atoms with Crippen LogP contribution in [0.1, 0.15) is 30.9 Å². The van der Waals surface area contributed by atoms with Crippen molar-refractivity contribution >= 4 is 0 Å². The summed E-state index contributed by atoms with van der Waals surface area (Å²) < 4.78 is 10.6. The molecule has 1 aliphatic rings. The van der Waals surface area contributed by atoms with Gasteiger partial charge >= 0.3 is 0 Å². The number of hydrogen-bond acceptors (Lipinski definition) is 3. The average molecular weight is 291 g/mol. The topological polar surface area (TPSA) is 30.5 Å². The summed E-state index contributed by atoms with van der Waals surface area (Å²) >= 11 is 0. The molecule has 0 radical (unpaired) electrons. The minimum atomic E-state index is 0.179. The molecule has 1 N–H and O–H groups in total. The van der Waals surface area contributed by atoms with Crippen molar-refractivity contribution in [3.63, 3.8) is 0 Å². The fourth-order valence-corrected chi connectivity index (χ4v) is 3.72. The smallest absolute Gasteiger partial charge is 0.0587 e. The Balaban J connectivity index is 2.24. The van der Waals surface area contributed by atoms with Crippen LogP contribution >= 0.6 is 0 Å². The summed E-state index contributed by atoms with van der Waals surface area (Å²) in [4.78, 5) is 0. The molecule has 2 unspecified atom stereocenters. The van der Waals surface area contributed by atoms with Gasteiger partial charge in [-0.15, -0.1) is 0 Å². The van der Waals surface area contributed by atoms with Crippen molar-refractivity contribution in [2.24, 2.45) is 5.92 Å². The molecule has 0 spiro atoms. The van der Waals surface area contributed by atoms with Crippen LogP contribution in [0.25, 0.3) is 0 Å². The number of nitrogens with one attached hydrogen (secondary N) is 1. The molecular formula is C18H29NO2. The van der Waals surface area contributed by atoms with Crippen molar-refractivity contribution in [2.45, 2.75) is 31.6 Å². The van der Waals surface area contributed by atoms with Crippen LogP contribution in [0.4, 0.5) is 0 Å². The van der Waals surface area contributed by atoms with Gasteiger partial charge in [0.15, 0.2) is 0 Å². The Kier molecular flexibility index (Phi) is 6.22. The SMILES string of the molecule is COCCNCC1(C(C)COC)CCCc2ccccc21. The van der Waals surface area contributed by atoms with Gasteiger partial charge < -0.3 is 14.8 Å². The second kappa shape index (κ2) is 7.92. The van der Waals surface area contributed by atoms with Crippen LogP contribution in [0.15, 0.2) is 24.3 Å². The van der Waals surface area contributed by atoms with Gasteiger partial charge in [0.25, 0.3) is 0 Å². The standard InChI is InChI=1S/C18H29NO2/c1-15(13-21-3)18(14-19-11-12-20-2)10-6-8-16-7-4-5-9-17(16)18/h4-5,7,9,15,19H,6,8,10-14H2,1-3H3. The molecule has 0 aromatic heterocycles. The number of rotatable bonds is 8. The van der Waals surface area contributed by atoms with Crippen molar-refractivity contribution in [1.29, 1.82) is 0 Å². The molecule has 118 valence electrons. The van der Waals surface area contributed by atoms with Crippen molar-refractivity contribution in [1.82, 2.24) is 5.32 Å². The minimum absolute atomic E-state index is 0.179. The van der Waals surface area contributed by atoms with E-state index in [1.54, 1.807) is 14.2 Å². The third-order valence-corrected chi connectivity index (χ3v) is 4.91. The highest BCUT2D eigenvalue weighted by atomic mass is 16.5. The normalized spacial score (nSPS) is 22.8. The molecule has 1 aromatic carbocycles. The zero-order valence-corrected chi connectivity index (χ0v) is 13.7. The summed E-state index contributed by atoms with van der Waals surface area (Å²) in [6, 6.07) is 8.94. The zero-order valence-electron chi connectivity index (χ0n) is 13.7. The molecule has 0 fully saturated rings. The molecule has 0 aliphatic heterocycles. The molecule has 2 rings (SSSR count). The Morgan fingerprint density at radius 2 is 2.05 bits per heavy atom. The van der Waals surface area contributed by atoms with Gasteiger partial charge in [-0.2, -0.15) is 0 Å². The number of ether oxygens (including phenoxy) is 2. The van der Waals surface area contributed by atoms with Gasteiger partial charge in [0.1, 0.15) is 0 Å². The number of fused-ring (bicyclic) bond motifs is 1. The van der Waals surface area contributed by atoms with Gasteiger partial charge in [0.2, 0.25) is 0 Å². The molecule has 0 saturated heterocycles. The van der Waals surface area contributed by atoms with E-state index in [2.05, 4.69) is 36.5 Å². The molecule has 3 nitrogen and oxygen atoms in total. The highest BCUT2D eigenvalue weighted by Crippen LogP contribution is 2.42. The Bertz CT molecular complexity index is 435. The number of methoxy groups -OCH3 is 2. The van der Waals surface area contributed by atoms with E-state index in [9.17, 15) is 0 Å². The highest BCUT2D eigenvalue weighted by Gasteiger charge is 2.40. The molecule has 1 aliphatic carbocycles. The Hall–Kier alpha value is -0.900. The van der Waals surface area contributed by atoms with Crippen LogP contribution in [0, 0.1) is 5.92 Å². The van der Waals surface area contributed by atoms with Crippen LogP contribution < -0.4 is 5.32 Å². The lowest BCUT2D eigenvalue weighted by Gasteiger charge is -2.44. The Morgan fingerprint density at radius 1 is 1.24 bits per heavy atom. The van der Waals surface area contributed by atoms with Gasteiger partial charge in [-0.1, -0.05) is 31.2 Å². The molecule has 2 atom stereocenters. The maximum atomic E-state index is 5.47. The van der Waals surface area contributed by atoms with Crippen LogP contribution in [0.5, 0.6) is 0 Å². The Morgan fingerprint density at radius 3 is 2.81 bits per heavy atom. The average Bonchev–Trinajstić information content (AvgIpc) is 2.52. The van der Waals surface area contributed by atoms with E-state index >= 15 is 0 Å². The summed E-state index contributed by atoms with van der Waals surface area (Å²) in [5, 5.41) is 3.60. The number of aryl methyl sites for hydroxylation is 1. The van der Waals surface area contributed by atoms with Gasteiger partial charge in [-0.25, -0.2) is 0 Å². The quantitative estimate of drug-likeness (QED) is 0.747. The van der Waals surface area contributed by atoms with E-state index < -0.39 is 0 Å². The first-order valence-corrected chi connectivity index (χ1v) is 8.01. The summed E-state index contributed by atoms with van der Waals surface area (Å²) in [5.74, 6) is 0.499. The highest BCUT2D eigenvalue weighted by molar-refractivity contribution is 5.38. The van der Waals surface area contributed by atoms with E-state index in [1.807, 2.05) is 0 Å². The third kappa shape index (κ3) is 3.65. The van der Waals surface area contributed by atoms with Crippen molar-refractivity contribution in [2.75, 3.05) is 40.5 Å². The monoisotopic (exact) mass is 291 g/mol. The van der Waals surface area contributed by atoms with Crippen LogP contribution in [0.2, 0.25) is 0 Å². The van der Waals surface area contributed by atoms with Crippen LogP contribution in [-0.4, -0.2) is 40.5 Å². The van der Waals surface area contributed by atoms with E-state index in [4.69, 9.17) is 9.47 Å². The van der Waals surface area contributed by atoms with Crippen molar-refractivity contribution in [3.8, 4) is 0 Å². The molecule has 3 heteroatoms. The summed E-state index contributed by atoms with van der Waals surface area (Å²) in [5.41, 5.74) is 3.21. The molecular weight excluding hydrogens is 262 g/mol. The predicted molar refractivity (Wildman–Crippen MR) is 86.8 cm³/mol. The maximum Gasteiger partial charge on any atom is 0.0587 e.